The SMILES string of the molecule is CCc1ccc(-n2c(=O)c3sc(SC)nc3n(CC(=O)N3CCc4ccccc4C3)c2=O)cc1. The van der Waals surface area contributed by atoms with Crippen LogP contribution in [0.1, 0.15) is 23.6 Å². The highest BCUT2D eigenvalue weighted by molar-refractivity contribution is 8.00. The number of thioether (sulfide) groups is 1. The van der Waals surface area contributed by atoms with E-state index in [0.29, 0.717) is 27.8 Å². The smallest absolute Gasteiger partial charge is 0.336 e. The van der Waals surface area contributed by atoms with Crippen molar-refractivity contribution in [3.8, 4) is 5.69 Å². The molecule has 4 aromatic rings. The highest BCUT2D eigenvalue weighted by Crippen LogP contribution is 2.26. The van der Waals surface area contributed by atoms with E-state index in [4.69, 9.17) is 0 Å². The van der Waals surface area contributed by atoms with E-state index in [0.717, 1.165) is 28.5 Å². The number of aryl methyl sites for hydroxylation is 1. The van der Waals surface area contributed by atoms with E-state index in [1.807, 2.05) is 43.5 Å². The molecule has 0 aliphatic carbocycles. The Morgan fingerprint density at radius 3 is 2.53 bits per heavy atom. The van der Waals surface area contributed by atoms with Crippen LogP contribution >= 0.6 is 23.1 Å². The molecule has 0 radical (unpaired) electrons. The van der Waals surface area contributed by atoms with Crippen LogP contribution in [-0.4, -0.2) is 37.7 Å². The van der Waals surface area contributed by atoms with Crippen molar-refractivity contribution in [2.24, 2.45) is 0 Å². The molecule has 0 fully saturated rings. The topological polar surface area (TPSA) is 77.2 Å². The van der Waals surface area contributed by atoms with Crippen LogP contribution in [0.2, 0.25) is 0 Å². The summed E-state index contributed by atoms with van der Waals surface area (Å²) in [6.07, 6.45) is 3.51. The van der Waals surface area contributed by atoms with Gasteiger partial charge in [0.15, 0.2) is 9.99 Å². The Kier molecular flexibility index (Phi) is 6.14. The first-order valence-corrected chi connectivity index (χ1v) is 13.2. The summed E-state index contributed by atoms with van der Waals surface area (Å²) in [5.74, 6) is -0.164. The highest BCUT2D eigenvalue weighted by Gasteiger charge is 2.24. The van der Waals surface area contributed by atoms with Crippen molar-refractivity contribution in [3.05, 3.63) is 86.1 Å². The van der Waals surface area contributed by atoms with Crippen LogP contribution in [0.3, 0.4) is 0 Å². The third-order valence-electron chi connectivity index (χ3n) is 6.22. The van der Waals surface area contributed by atoms with Crippen LogP contribution in [-0.2, 0) is 30.7 Å². The molecule has 1 amide bonds. The highest BCUT2D eigenvalue weighted by atomic mass is 32.2. The molecule has 0 bridgehead atoms. The number of fused-ring (bicyclic) bond motifs is 2. The van der Waals surface area contributed by atoms with Gasteiger partial charge in [-0.3, -0.25) is 14.2 Å². The maximum Gasteiger partial charge on any atom is 0.337 e. The van der Waals surface area contributed by atoms with Gasteiger partial charge in [0, 0.05) is 13.1 Å². The lowest BCUT2D eigenvalue weighted by atomic mass is 10.00. The van der Waals surface area contributed by atoms with Gasteiger partial charge in [0.05, 0.1) is 5.69 Å². The lowest BCUT2D eigenvalue weighted by molar-refractivity contribution is -0.132. The predicted molar refractivity (Wildman–Crippen MR) is 136 cm³/mol. The molecule has 0 unspecified atom stereocenters. The Labute approximate surface area is 204 Å². The minimum absolute atomic E-state index is 0.164. The van der Waals surface area contributed by atoms with Gasteiger partial charge in [-0.1, -0.05) is 55.1 Å². The Morgan fingerprint density at radius 1 is 1.09 bits per heavy atom. The molecule has 7 nitrogen and oxygen atoms in total. The number of thiazole rings is 1. The molecular formula is C25H24N4O3S2. The van der Waals surface area contributed by atoms with Gasteiger partial charge in [0.1, 0.15) is 11.2 Å². The van der Waals surface area contributed by atoms with Gasteiger partial charge in [-0.2, -0.15) is 0 Å². The molecule has 9 heteroatoms. The second-order valence-electron chi connectivity index (χ2n) is 8.20. The minimum atomic E-state index is -0.550. The van der Waals surface area contributed by atoms with Crippen LogP contribution in [0.25, 0.3) is 16.0 Å². The Morgan fingerprint density at radius 2 is 1.82 bits per heavy atom. The number of benzene rings is 2. The third kappa shape index (κ3) is 3.99. The number of amides is 1. The van der Waals surface area contributed by atoms with Gasteiger partial charge in [-0.05, 0) is 47.9 Å². The quantitative estimate of drug-likeness (QED) is 0.399. The second kappa shape index (κ2) is 9.23. The summed E-state index contributed by atoms with van der Waals surface area (Å²) in [6, 6.07) is 15.5. The summed E-state index contributed by atoms with van der Waals surface area (Å²) in [6.45, 7) is 2.99. The van der Waals surface area contributed by atoms with E-state index in [-0.39, 0.29) is 18.1 Å². The van der Waals surface area contributed by atoms with E-state index >= 15 is 0 Å². The van der Waals surface area contributed by atoms with Crippen molar-refractivity contribution in [1.29, 1.82) is 0 Å². The summed E-state index contributed by atoms with van der Waals surface area (Å²) >= 11 is 2.66. The van der Waals surface area contributed by atoms with Crippen molar-refractivity contribution < 1.29 is 4.79 Å². The Bertz CT molecular complexity index is 1500. The van der Waals surface area contributed by atoms with Gasteiger partial charge >= 0.3 is 5.69 Å². The van der Waals surface area contributed by atoms with E-state index in [1.54, 1.807) is 17.0 Å². The first kappa shape index (κ1) is 22.6. The van der Waals surface area contributed by atoms with Gasteiger partial charge in [0.25, 0.3) is 5.56 Å². The van der Waals surface area contributed by atoms with Crippen LogP contribution < -0.4 is 11.2 Å². The van der Waals surface area contributed by atoms with E-state index < -0.39 is 11.2 Å². The molecule has 2 aromatic carbocycles. The average molecular weight is 493 g/mol. The van der Waals surface area contributed by atoms with Crippen molar-refractivity contribution >= 4 is 39.4 Å². The van der Waals surface area contributed by atoms with Crippen LogP contribution in [0, 0.1) is 0 Å². The van der Waals surface area contributed by atoms with Gasteiger partial charge in [-0.25, -0.2) is 14.3 Å². The second-order valence-corrected chi connectivity index (χ2v) is 10.3. The van der Waals surface area contributed by atoms with Crippen molar-refractivity contribution in [2.45, 2.75) is 37.2 Å². The Balaban J connectivity index is 1.58. The summed E-state index contributed by atoms with van der Waals surface area (Å²) in [5, 5.41) is 0. The van der Waals surface area contributed by atoms with Crippen LogP contribution in [0.4, 0.5) is 0 Å². The van der Waals surface area contributed by atoms with Crippen molar-refractivity contribution in [3.63, 3.8) is 0 Å². The fourth-order valence-electron chi connectivity index (χ4n) is 4.30. The summed E-state index contributed by atoms with van der Waals surface area (Å²) in [5.41, 5.74) is 3.29. The molecule has 1 aliphatic rings. The van der Waals surface area contributed by atoms with Crippen LogP contribution in [0.5, 0.6) is 0 Å². The summed E-state index contributed by atoms with van der Waals surface area (Å²) < 4.78 is 3.56. The van der Waals surface area contributed by atoms with Gasteiger partial charge < -0.3 is 4.90 Å². The molecule has 3 heterocycles. The number of hydrogen-bond acceptors (Lipinski definition) is 6. The van der Waals surface area contributed by atoms with E-state index in [9.17, 15) is 14.4 Å². The molecule has 0 N–H and O–H groups in total. The maximum absolute atomic E-state index is 13.6. The third-order valence-corrected chi connectivity index (χ3v) is 8.24. The molecule has 0 saturated carbocycles. The van der Waals surface area contributed by atoms with Gasteiger partial charge in [0.2, 0.25) is 5.91 Å². The largest absolute Gasteiger partial charge is 0.337 e. The monoisotopic (exact) mass is 492 g/mol. The van der Waals surface area contributed by atoms with Gasteiger partial charge in [-0.15, -0.1) is 11.3 Å². The number of hydrogen-bond donors (Lipinski definition) is 0. The maximum atomic E-state index is 13.6. The van der Waals surface area contributed by atoms with Crippen molar-refractivity contribution in [1.82, 2.24) is 19.0 Å². The summed E-state index contributed by atoms with van der Waals surface area (Å²) in [7, 11) is 0. The number of aromatic nitrogens is 3. The number of carbonyl (C=O) groups is 1. The normalized spacial score (nSPS) is 13.3. The molecule has 0 atom stereocenters. The minimum Gasteiger partial charge on any atom is -0.336 e. The Hall–Kier alpha value is -3.17. The standard InChI is InChI=1S/C25H24N4O3S2/c1-3-16-8-10-19(11-9-16)29-23(31)21-22(26-24(33-2)34-21)28(25(29)32)15-20(30)27-13-12-17-6-4-5-7-18(17)14-27/h4-11H,3,12-15H2,1-2H3. The van der Waals surface area contributed by atoms with Crippen LogP contribution in [0.15, 0.2) is 62.5 Å². The zero-order valence-electron chi connectivity index (χ0n) is 19.0. The first-order valence-electron chi connectivity index (χ1n) is 11.1. The number of carbonyl (C=O) groups excluding carboxylic acids is 1. The lowest BCUT2D eigenvalue weighted by Gasteiger charge is -2.29. The molecule has 34 heavy (non-hydrogen) atoms. The summed E-state index contributed by atoms with van der Waals surface area (Å²) in [4.78, 5) is 46.5. The van der Waals surface area contributed by atoms with E-state index in [2.05, 4.69) is 11.1 Å². The molecule has 5 rings (SSSR count). The molecule has 0 saturated heterocycles. The zero-order valence-corrected chi connectivity index (χ0v) is 20.6. The molecule has 174 valence electrons. The van der Waals surface area contributed by atoms with E-state index in [1.165, 1.54) is 33.2 Å². The fraction of sp³-hybridized carbons (Fsp3) is 0.280. The molecular weight excluding hydrogens is 468 g/mol. The lowest BCUT2D eigenvalue weighted by Crippen LogP contribution is -2.43. The predicted octanol–water partition coefficient (Wildman–Crippen LogP) is 3.48. The molecule has 2 aromatic heterocycles. The first-order chi connectivity index (χ1) is 16.5. The fourth-order valence-corrected chi connectivity index (χ4v) is 5.79. The van der Waals surface area contributed by atoms with Crippen molar-refractivity contribution in [2.75, 3.05) is 12.8 Å². The number of rotatable bonds is 5. The number of nitrogens with zero attached hydrogens (tertiary/aromatic N) is 4. The zero-order chi connectivity index (χ0) is 23.8. The molecule has 1 aliphatic heterocycles. The average Bonchev–Trinajstić information content (AvgIpc) is 3.31. The molecule has 0 spiro atoms.